The van der Waals surface area contributed by atoms with Crippen LogP contribution in [0.4, 0.5) is 0 Å². The van der Waals surface area contributed by atoms with Gasteiger partial charge in [0.15, 0.2) is 0 Å². The van der Waals surface area contributed by atoms with Crippen LogP contribution in [0.2, 0.25) is 0 Å². The number of ether oxygens (including phenoxy) is 1. The van der Waals surface area contributed by atoms with E-state index in [1.54, 1.807) is 7.11 Å². The molecule has 2 heteroatoms. The summed E-state index contributed by atoms with van der Waals surface area (Å²) < 4.78 is 5.51. The Morgan fingerprint density at radius 2 is 2.05 bits per heavy atom. The molecule has 108 valence electrons. The highest BCUT2D eigenvalue weighted by atomic mass is 16.5. The molecule has 0 aliphatic heterocycles. The summed E-state index contributed by atoms with van der Waals surface area (Å²) >= 11 is 0. The van der Waals surface area contributed by atoms with E-state index in [0.717, 1.165) is 25.8 Å². The van der Waals surface area contributed by atoms with Crippen molar-refractivity contribution < 1.29 is 4.74 Å². The maximum atomic E-state index is 5.51. The van der Waals surface area contributed by atoms with Crippen LogP contribution in [0.15, 0.2) is 24.3 Å². The van der Waals surface area contributed by atoms with Gasteiger partial charge in [0, 0.05) is 13.2 Å². The second kappa shape index (κ2) is 7.66. The van der Waals surface area contributed by atoms with Crippen molar-refractivity contribution in [3.8, 4) is 0 Å². The maximum absolute atomic E-state index is 5.51. The molecule has 2 nitrogen and oxygen atoms in total. The SMILES string of the molecule is CCNC(CCC(C)(C)OC)Cc1cccc(C)c1. The molecule has 0 aromatic heterocycles. The minimum Gasteiger partial charge on any atom is -0.379 e. The number of likely N-dealkylation sites (N-methyl/N-ethyl adjacent to an activating group) is 1. The number of methoxy groups -OCH3 is 1. The fraction of sp³-hybridized carbons (Fsp3) is 0.647. The number of nitrogens with one attached hydrogen (secondary N) is 1. The zero-order valence-corrected chi connectivity index (χ0v) is 13.1. The van der Waals surface area contributed by atoms with Gasteiger partial charge in [-0.1, -0.05) is 36.8 Å². The van der Waals surface area contributed by atoms with E-state index in [1.807, 2.05) is 0 Å². The lowest BCUT2D eigenvalue weighted by Crippen LogP contribution is -2.34. The Morgan fingerprint density at radius 1 is 1.32 bits per heavy atom. The highest BCUT2D eigenvalue weighted by Crippen LogP contribution is 2.18. The average molecular weight is 263 g/mol. The van der Waals surface area contributed by atoms with E-state index in [1.165, 1.54) is 11.1 Å². The first-order valence-electron chi connectivity index (χ1n) is 7.31. The van der Waals surface area contributed by atoms with Crippen molar-refractivity contribution in [1.82, 2.24) is 5.32 Å². The molecule has 1 unspecified atom stereocenters. The zero-order chi connectivity index (χ0) is 14.3. The molecule has 0 saturated heterocycles. The Labute approximate surface area is 118 Å². The first kappa shape index (κ1) is 16.2. The van der Waals surface area contributed by atoms with Crippen molar-refractivity contribution >= 4 is 0 Å². The monoisotopic (exact) mass is 263 g/mol. The standard InChI is InChI=1S/C17H29NO/c1-6-18-16(10-11-17(3,4)19-5)13-15-9-7-8-14(2)12-15/h7-9,12,16,18H,6,10-11,13H2,1-5H3. The summed E-state index contributed by atoms with van der Waals surface area (Å²) in [6, 6.07) is 9.33. The Kier molecular flexibility index (Phi) is 6.53. The van der Waals surface area contributed by atoms with Gasteiger partial charge in [0.25, 0.3) is 0 Å². The Bertz CT molecular complexity index is 373. The van der Waals surface area contributed by atoms with Crippen LogP contribution in [-0.2, 0) is 11.2 Å². The molecule has 0 spiro atoms. The molecule has 1 atom stereocenters. The average Bonchev–Trinajstić information content (AvgIpc) is 2.36. The third kappa shape index (κ3) is 6.22. The summed E-state index contributed by atoms with van der Waals surface area (Å²) in [4.78, 5) is 0. The molecule has 1 rings (SSSR count). The van der Waals surface area contributed by atoms with E-state index in [-0.39, 0.29) is 5.60 Å². The molecule has 1 N–H and O–H groups in total. The van der Waals surface area contributed by atoms with Gasteiger partial charge >= 0.3 is 0 Å². The highest BCUT2D eigenvalue weighted by Gasteiger charge is 2.19. The van der Waals surface area contributed by atoms with Crippen LogP contribution < -0.4 is 5.32 Å². The van der Waals surface area contributed by atoms with Gasteiger partial charge in [-0.05, 0) is 52.1 Å². The lowest BCUT2D eigenvalue weighted by Gasteiger charge is -2.26. The molecule has 1 aromatic rings. The molecule has 19 heavy (non-hydrogen) atoms. The second-order valence-corrected chi connectivity index (χ2v) is 5.95. The van der Waals surface area contributed by atoms with Gasteiger partial charge in [-0.2, -0.15) is 0 Å². The molecular weight excluding hydrogens is 234 g/mol. The Balaban J connectivity index is 2.57. The third-order valence-electron chi connectivity index (χ3n) is 3.70. The number of benzene rings is 1. The smallest absolute Gasteiger partial charge is 0.0623 e. The fourth-order valence-electron chi connectivity index (χ4n) is 2.31. The zero-order valence-electron chi connectivity index (χ0n) is 13.1. The van der Waals surface area contributed by atoms with E-state index in [4.69, 9.17) is 4.74 Å². The minimum atomic E-state index is -0.0275. The lowest BCUT2D eigenvalue weighted by atomic mass is 9.94. The summed E-state index contributed by atoms with van der Waals surface area (Å²) in [6.07, 6.45) is 3.31. The van der Waals surface area contributed by atoms with Crippen LogP contribution in [0.25, 0.3) is 0 Å². The van der Waals surface area contributed by atoms with E-state index in [2.05, 4.69) is 57.3 Å². The Hall–Kier alpha value is -0.860. The summed E-state index contributed by atoms with van der Waals surface area (Å²) in [5.74, 6) is 0. The second-order valence-electron chi connectivity index (χ2n) is 5.95. The quantitative estimate of drug-likeness (QED) is 0.772. The number of hydrogen-bond donors (Lipinski definition) is 1. The number of aryl methyl sites for hydroxylation is 1. The van der Waals surface area contributed by atoms with Crippen LogP contribution in [0.1, 0.15) is 44.7 Å². The van der Waals surface area contributed by atoms with Gasteiger partial charge in [0.05, 0.1) is 5.60 Å². The van der Waals surface area contributed by atoms with Gasteiger partial charge in [-0.25, -0.2) is 0 Å². The summed E-state index contributed by atoms with van der Waals surface area (Å²) in [5, 5.41) is 3.59. The molecule has 1 aromatic carbocycles. The minimum absolute atomic E-state index is 0.0275. The van der Waals surface area contributed by atoms with Crippen molar-refractivity contribution in [1.29, 1.82) is 0 Å². The molecule has 0 bridgehead atoms. The normalized spacial score (nSPS) is 13.5. The van der Waals surface area contributed by atoms with Crippen molar-refractivity contribution in [2.75, 3.05) is 13.7 Å². The summed E-state index contributed by atoms with van der Waals surface area (Å²) in [5.41, 5.74) is 2.73. The van der Waals surface area contributed by atoms with Gasteiger partial charge < -0.3 is 10.1 Å². The van der Waals surface area contributed by atoms with Crippen molar-refractivity contribution in [2.45, 2.75) is 58.6 Å². The molecule has 0 aliphatic carbocycles. The molecule has 0 saturated carbocycles. The number of rotatable bonds is 8. The number of hydrogen-bond acceptors (Lipinski definition) is 2. The predicted molar refractivity (Wildman–Crippen MR) is 82.7 cm³/mol. The lowest BCUT2D eigenvalue weighted by molar-refractivity contribution is 0.0117. The first-order valence-corrected chi connectivity index (χ1v) is 7.31. The largest absolute Gasteiger partial charge is 0.379 e. The van der Waals surface area contributed by atoms with Gasteiger partial charge in [0.2, 0.25) is 0 Å². The predicted octanol–water partition coefficient (Wildman–Crippen LogP) is 3.72. The molecule has 0 amide bonds. The van der Waals surface area contributed by atoms with Crippen LogP contribution in [0.5, 0.6) is 0 Å². The van der Waals surface area contributed by atoms with Gasteiger partial charge in [-0.15, -0.1) is 0 Å². The van der Waals surface area contributed by atoms with E-state index in [9.17, 15) is 0 Å². The topological polar surface area (TPSA) is 21.3 Å². The molecule has 0 aliphatic rings. The third-order valence-corrected chi connectivity index (χ3v) is 3.70. The van der Waals surface area contributed by atoms with Gasteiger partial charge in [-0.3, -0.25) is 0 Å². The van der Waals surface area contributed by atoms with E-state index < -0.39 is 0 Å². The van der Waals surface area contributed by atoms with Crippen molar-refractivity contribution in [2.24, 2.45) is 0 Å². The Morgan fingerprint density at radius 3 is 2.63 bits per heavy atom. The van der Waals surface area contributed by atoms with E-state index in [0.29, 0.717) is 6.04 Å². The van der Waals surface area contributed by atoms with Gasteiger partial charge in [0.1, 0.15) is 0 Å². The summed E-state index contributed by atoms with van der Waals surface area (Å²) in [6.45, 7) is 9.65. The van der Waals surface area contributed by atoms with Crippen molar-refractivity contribution in [3.05, 3.63) is 35.4 Å². The van der Waals surface area contributed by atoms with Crippen LogP contribution in [0, 0.1) is 6.92 Å². The maximum Gasteiger partial charge on any atom is 0.0623 e. The van der Waals surface area contributed by atoms with Crippen molar-refractivity contribution in [3.63, 3.8) is 0 Å². The molecular formula is C17H29NO. The first-order chi connectivity index (χ1) is 8.96. The van der Waals surface area contributed by atoms with Crippen LogP contribution in [0.3, 0.4) is 0 Å². The van der Waals surface area contributed by atoms with Crippen LogP contribution >= 0.6 is 0 Å². The molecule has 0 fully saturated rings. The van der Waals surface area contributed by atoms with E-state index >= 15 is 0 Å². The summed E-state index contributed by atoms with van der Waals surface area (Å²) in [7, 11) is 1.79. The molecule has 0 radical (unpaired) electrons. The fourth-order valence-corrected chi connectivity index (χ4v) is 2.31. The van der Waals surface area contributed by atoms with Crippen LogP contribution in [-0.4, -0.2) is 25.3 Å². The highest BCUT2D eigenvalue weighted by molar-refractivity contribution is 5.23. The molecule has 0 heterocycles.